The van der Waals surface area contributed by atoms with E-state index in [0.717, 1.165) is 47.7 Å². The number of aryl methyl sites for hydroxylation is 1. The molecule has 154 valence electrons. The molecule has 0 spiro atoms. The maximum Gasteiger partial charge on any atom is 0.149 e. The van der Waals surface area contributed by atoms with Crippen LogP contribution in [0.5, 0.6) is 0 Å². The van der Waals surface area contributed by atoms with Crippen molar-refractivity contribution < 1.29 is 4.39 Å². The van der Waals surface area contributed by atoms with Gasteiger partial charge in [0.25, 0.3) is 0 Å². The molecule has 0 radical (unpaired) electrons. The Hall–Kier alpha value is -3.23. The zero-order chi connectivity index (χ0) is 21.4. The number of anilines is 2. The highest BCUT2D eigenvalue weighted by Crippen LogP contribution is 2.36. The summed E-state index contributed by atoms with van der Waals surface area (Å²) in [5.74, 6) is -0.243. The van der Waals surface area contributed by atoms with Crippen molar-refractivity contribution in [3.8, 4) is 0 Å². The Morgan fingerprint density at radius 2 is 2.03 bits per heavy atom. The smallest absolute Gasteiger partial charge is 0.149 e. The first kappa shape index (κ1) is 20.1. The van der Waals surface area contributed by atoms with Gasteiger partial charge in [0.2, 0.25) is 0 Å². The molecule has 0 bridgehead atoms. The topological polar surface area (TPSA) is 9.72 Å². The highest BCUT2D eigenvalue weighted by Gasteiger charge is 2.27. The molecule has 1 fully saturated rings. The van der Waals surface area contributed by atoms with E-state index in [1.54, 1.807) is 6.07 Å². The second kappa shape index (κ2) is 7.89. The monoisotopic (exact) mass is 401 g/mol. The molecule has 2 aromatic rings. The van der Waals surface area contributed by atoms with Gasteiger partial charge in [0, 0.05) is 49.3 Å². The highest BCUT2D eigenvalue weighted by molar-refractivity contribution is 5.89. The van der Waals surface area contributed by atoms with E-state index in [2.05, 4.69) is 60.9 Å². The van der Waals surface area contributed by atoms with E-state index in [0.29, 0.717) is 11.7 Å². The molecule has 2 aliphatic heterocycles. The number of nitrogens with zero attached hydrogens (tertiary/aromatic N) is 3. The zero-order valence-corrected chi connectivity index (χ0v) is 18.0. The Balaban J connectivity index is 1.54. The number of hydrogen-bond donors (Lipinski definition) is 0. The van der Waals surface area contributed by atoms with Crippen molar-refractivity contribution >= 4 is 23.1 Å². The number of allylic oxidation sites excluding steroid dienone is 1. The lowest BCUT2D eigenvalue weighted by Crippen LogP contribution is -2.33. The summed E-state index contributed by atoms with van der Waals surface area (Å²) in [5.41, 5.74) is 9.55. The standard InChI is InChI=1S/C26H28FN3/c1-6-19(3)28(5)23-12-13-29(17-23)22-8-10-26(25(27)16-22)30-14-11-21-15-18(2)7-9-24(21)20(30)4/h7-11,14-16,23H,1,4,12-13,17H2,2-3,5H3. The van der Waals surface area contributed by atoms with Crippen LogP contribution in [0, 0.1) is 12.7 Å². The molecule has 0 amide bonds. The SMILES string of the molecule is C=C=C(C)N(C)C1CCN(c2ccc(N3C=Cc4cc(C)ccc4C3=C)c(F)c2)C1. The Labute approximate surface area is 178 Å². The van der Waals surface area contributed by atoms with Gasteiger partial charge in [0.1, 0.15) is 5.82 Å². The molecule has 0 aromatic heterocycles. The van der Waals surface area contributed by atoms with Crippen molar-refractivity contribution in [3.05, 3.63) is 89.7 Å². The minimum atomic E-state index is -0.243. The summed E-state index contributed by atoms with van der Waals surface area (Å²) in [5, 5.41) is 0. The van der Waals surface area contributed by atoms with Crippen molar-refractivity contribution in [3.63, 3.8) is 0 Å². The van der Waals surface area contributed by atoms with Crippen LogP contribution >= 0.6 is 0 Å². The van der Waals surface area contributed by atoms with Gasteiger partial charge in [-0.2, -0.15) is 0 Å². The molecule has 0 N–H and O–H groups in total. The Kier molecular flexibility index (Phi) is 5.27. The fraction of sp³-hybridized carbons (Fsp3) is 0.269. The van der Waals surface area contributed by atoms with E-state index >= 15 is 4.39 Å². The van der Waals surface area contributed by atoms with Gasteiger partial charge in [-0.3, -0.25) is 0 Å². The van der Waals surface area contributed by atoms with Gasteiger partial charge in [0.15, 0.2) is 0 Å². The lowest BCUT2D eigenvalue weighted by Gasteiger charge is -2.29. The maximum absolute atomic E-state index is 15.2. The molecule has 2 aliphatic rings. The van der Waals surface area contributed by atoms with Crippen molar-refractivity contribution in [2.45, 2.75) is 26.3 Å². The number of fused-ring (bicyclic) bond motifs is 1. The van der Waals surface area contributed by atoms with Crippen LogP contribution in [-0.2, 0) is 0 Å². The first-order valence-electron chi connectivity index (χ1n) is 10.3. The lowest BCUT2D eigenvalue weighted by atomic mass is 9.98. The molecule has 0 aliphatic carbocycles. The number of benzene rings is 2. The first-order valence-corrected chi connectivity index (χ1v) is 10.3. The molecule has 2 heterocycles. The predicted octanol–water partition coefficient (Wildman–Crippen LogP) is 5.79. The molecule has 4 heteroatoms. The van der Waals surface area contributed by atoms with Crippen molar-refractivity contribution in [2.75, 3.05) is 29.9 Å². The second-order valence-electron chi connectivity index (χ2n) is 8.12. The quantitative estimate of drug-likeness (QED) is 0.600. The average molecular weight is 402 g/mol. The molecule has 2 aromatic carbocycles. The van der Waals surface area contributed by atoms with Crippen LogP contribution in [0.1, 0.15) is 30.0 Å². The van der Waals surface area contributed by atoms with Crippen LogP contribution < -0.4 is 9.80 Å². The summed E-state index contributed by atoms with van der Waals surface area (Å²) in [4.78, 5) is 6.28. The largest absolute Gasteiger partial charge is 0.369 e. The molecule has 1 unspecified atom stereocenters. The summed E-state index contributed by atoms with van der Waals surface area (Å²) >= 11 is 0. The van der Waals surface area contributed by atoms with E-state index in [1.165, 1.54) is 5.56 Å². The molecule has 1 atom stereocenters. The molecule has 3 nitrogen and oxygen atoms in total. The van der Waals surface area contributed by atoms with E-state index in [4.69, 9.17) is 0 Å². The van der Waals surface area contributed by atoms with Gasteiger partial charge in [-0.25, -0.2) is 4.39 Å². The third-order valence-electron chi connectivity index (χ3n) is 6.26. The van der Waals surface area contributed by atoms with E-state index in [1.807, 2.05) is 36.2 Å². The summed E-state index contributed by atoms with van der Waals surface area (Å²) < 4.78 is 15.2. The Morgan fingerprint density at radius 3 is 2.77 bits per heavy atom. The summed E-state index contributed by atoms with van der Waals surface area (Å²) in [6.45, 7) is 13.8. The first-order chi connectivity index (χ1) is 14.4. The zero-order valence-electron chi connectivity index (χ0n) is 18.0. The van der Waals surface area contributed by atoms with Crippen LogP contribution in [0.4, 0.5) is 15.8 Å². The van der Waals surface area contributed by atoms with Crippen molar-refractivity contribution in [2.24, 2.45) is 0 Å². The molecule has 0 saturated carbocycles. The molecular weight excluding hydrogens is 373 g/mol. The van der Waals surface area contributed by atoms with Crippen LogP contribution in [0.2, 0.25) is 0 Å². The maximum atomic E-state index is 15.2. The van der Waals surface area contributed by atoms with E-state index in [-0.39, 0.29) is 5.82 Å². The summed E-state index contributed by atoms with van der Waals surface area (Å²) in [6, 6.07) is 12.1. The fourth-order valence-electron chi connectivity index (χ4n) is 4.26. The van der Waals surface area contributed by atoms with Gasteiger partial charge < -0.3 is 14.7 Å². The van der Waals surface area contributed by atoms with E-state index < -0.39 is 0 Å². The minimum absolute atomic E-state index is 0.243. The second-order valence-corrected chi connectivity index (χ2v) is 8.12. The molecule has 30 heavy (non-hydrogen) atoms. The number of likely N-dealkylation sites (N-methyl/N-ethyl adjacent to an activating group) is 1. The van der Waals surface area contributed by atoms with Crippen LogP contribution in [0.15, 0.2) is 67.2 Å². The molecule has 4 rings (SSSR count). The van der Waals surface area contributed by atoms with Crippen molar-refractivity contribution in [1.82, 2.24) is 4.90 Å². The van der Waals surface area contributed by atoms with E-state index in [9.17, 15) is 0 Å². The molecule has 1 saturated heterocycles. The van der Waals surface area contributed by atoms with Crippen LogP contribution in [0.25, 0.3) is 11.8 Å². The summed E-state index contributed by atoms with van der Waals surface area (Å²) in [6.07, 6.45) is 4.94. The van der Waals surface area contributed by atoms with Gasteiger partial charge >= 0.3 is 0 Å². The van der Waals surface area contributed by atoms with Gasteiger partial charge in [0.05, 0.1) is 11.4 Å². The van der Waals surface area contributed by atoms with Crippen LogP contribution in [-0.4, -0.2) is 31.1 Å². The third-order valence-corrected chi connectivity index (χ3v) is 6.26. The average Bonchev–Trinajstić information content (AvgIpc) is 3.23. The number of halogens is 1. The van der Waals surface area contributed by atoms with Crippen molar-refractivity contribution in [1.29, 1.82) is 0 Å². The van der Waals surface area contributed by atoms with Gasteiger partial charge in [-0.1, -0.05) is 36.9 Å². The third kappa shape index (κ3) is 3.55. The number of rotatable bonds is 4. The minimum Gasteiger partial charge on any atom is -0.369 e. The highest BCUT2D eigenvalue weighted by atomic mass is 19.1. The Bertz CT molecular complexity index is 1080. The predicted molar refractivity (Wildman–Crippen MR) is 125 cm³/mol. The van der Waals surface area contributed by atoms with Gasteiger partial charge in [-0.15, -0.1) is 5.73 Å². The normalized spacial score (nSPS) is 17.7. The Morgan fingerprint density at radius 1 is 1.23 bits per heavy atom. The fourth-order valence-corrected chi connectivity index (χ4v) is 4.26. The van der Waals surface area contributed by atoms with Crippen LogP contribution in [0.3, 0.4) is 0 Å². The number of hydrogen-bond acceptors (Lipinski definition) is 3. The molecular formula is C26H28FN3. The summed E-state index contributed by atoms with van der Waals surface area (Å²) in [7, 11) is 2.07. The lowest BCUT2D eigenvalue weighted by molar-refractivity contribution is 0.326. The van der Waals surface area contributed by atoms with Gasteiger partial charge in [-0.05, 0) is 50.1 Å².